The van der Waals surface area contributed by atoms with Crippen molar-refractivity contribution >= 4 is 141 Å². The first-order chi connectivity index (χ1) is 34.9. The van der Waals surface area contributed by atoms with Gasteiger partial charge in [-0.05, 0) is 180 Å². The third-order valence-corrected chi connectivity index (χ3v) is 16.5. The van der Waals surface area contributed by atoms with Gasteiger partial charge >= 0.3 is 0 Å². The molecule has 0 fully saturated rings. The molecule has 0 aliphatic heterocycles. The van der Waals surface area contributed by atoms with Gasteiger partial charge < -0.3 is 10.2 Å². The van der Waals surface area contributed by atoms with Crippen molar-refractivity contribution in [2.24, 2.45) is 0 Å². The summed E-state index contributed by atoms with van der Waals surface area (Å²) in [5, 5.41) is 19.1. The normalized spacial score (nSPS) is 11.9. The molecule has 0 unspecified atom stereocenters. The van der Waals surface area contributed by atoms with Crippen molar-refractivity contribution in [2.75, 3.05) is 10.2 Å². The van der Waals surface area contributed by atoms with E-state index in [1.54, 1.807) is 0 Å². The van der Waals surface area contributed by atoms with Crippen LogP contribution < -0.4 is 10.2 Å². The molecule has 0 saturated heterocycles. The Labute approximate surface area is 456 Å². The molecule has 364 valence electrons. The van der Waals surface area contributed by atoms with E-state index in [1.807, 2.05) is 6.07 Å². The fraction of sp³-hybridized carbons (Fsp3) is 0.176. The van der Waals surface area contributed by atoms with Gasteiger partial charge in [-0.15, -0.1) is 0 Å². The van der Waals surface area contributed by atoms with Gasteiger partial charge in [-0.3, -0.25) is 0 Å². The molecule has 12 aromatic carbocycles. The van der Waals surface area contributed by atoms with E-state index in [0.29, 0.717) is 0 Å². The SMILES string of the molecule is Brc1ccc2ccc3c(Br)ccc4ccc1c2c43.Cc1cc(C(C)(C)C)cc(C)c1N(c1ccccc1)c1ccc2ccc3c(Br)ccc4ccc1c2c43.Cc1cc(C(C)(C)C)cc(C)c1Nc1ccccc1. The van der Waals surface area contributed by atoms with Gasteiger partial charge in [0.25, 0.3) is 0 Å². The number of benzene rings is 12. The highest BCUT2D eigenvalue weighted by atomic mass is 79.9. The first kappa shape index (κ1) is 50.3. The average molecular weight is 1150 g/mol. The second-order valence-corrected chi connectivity index (χ2v) is 24.2. The van der Waals surface area contributed by atoms with E-state index < -0.39 is 0 Å². The number of nitrogens with zero attached hydrogens (tertiary/aromatic N) is 1. The molecule has 73 heavy (non-hydrogen) atoms. The maximum Gasteiger partial charge on any atom is 0.0540 e. The molecule has 0 aliphatic rings. The summed E-state index contributed by atoms with van der Waals surface area (Å²) in [6, 6.07) is 65.8. The van der Waals surface area contributed by atoms with Crippen LogP contribution in [0.15, 0.2) is 195 Å². The van der Waals surface area contributed by atoms with Crippen molar-refractivity contribution in [1.82, 2.24) is 0 Å². The number of para-hydroxylation sites is 2. The van der Waals surface area contributed by atoms with Gasteiger partial charge in [0.1, 0.15) is 0 Å². The number of rotatable bonds is 5. The van der Waals surface area contributed by atoms with Gasteiger partial charge in [-0.25, -0.2) is 0 Å². The molecule has 0 aromatic heterocycles. The quantitative estimate of drug-likeness (QED) is 0.173. The van der Waals surface area contributed by atoms with Gasteiger partial charge in [-0.2, -0.15) is 0 Å². The van der Waals surface area contributed by atoms with Crippen molar-refractivity contribution in [3.63, 3.8) is 0 Å². The van der Waals surface area contributed by atoms with Crippen LogP contribution in [0.1, 0.15) is 74.9 Å². The van der Waals surface area contributed by atoms with Crippen LogP contribution in [0.4, 0.5) is 28.4 Å². The van der Waals surface area contributed by atoms with Crippen LogP contribution in [0.3, 0.4) is 0 Å². The van der Waals surface area contributed by atoms with Crippen molar-refractivity contribution < 1.29 is 0 Å². The monoisotopic (exact) mass is 1140 g/mol. The number of hydrogen-bond acceptors (Lipinski definition) is 2. The van der Waals surface area contributed by atoms with Crippen molar-refractivity contribution in [3.05, 3.63) is 229 Å². The second kappa shape index (κ2) is 19.9. The summed E-state index contributed by atoms with van der Waals surface area (Å²) in [6.07, 6.45) is 0. The van der Waals surface area contributed by atoms with Gasteiger partial charge in [0, 0.05) is 35.9 Å². The molecule has 0 atom stereocenters. The number of aryl methyl sites for hydroxylation is 4. The van der Waals surface area contributed by atoms with Gasteiger partial charge in [0.15, 0.2) is 0 Å². The Morgan fingerprint density at radius 1 is 0.370 bits per heavy atom. The Hall–Kier alpha value is -6.24. The summed E-state index contributed by atoms with van der Waals surface area (Å²) in [7, 11) is 0. The lowest BCUT2D eigenvalue weighted by atomic mass is 9.84. The van der Waals surface area contributed by atoms with Gasteiger partial charge in [0.2, 0.25) is 0 Å². The third-order valence-electron chi connectivity index (χ3n) is 14.4. The minimum atomic E-state index is 0.103. The molecule has 0 heterocycles. The standard InChI is InChI=1S/C34H30BrN.C18H23N.C16H8Br2/c1-21-19-25(34(3,4)5)20-22(2)33(21)36(26-9-7-6-8-10-26)30-18-14-24-11-15-27-29(35)17-13-23-12-16-28(30)32(24)31(23)27;1-13-11-15(18(3,4)5)12-14(2)17(13)19-16-9-7-6-8-10-16;17-13-8-4-10-2-6-12-14(18)7-3-9-1-5-11(13)16(10)15(9)12/h6-20H,1-5H3;6-12,19H,1-5H3;1-8H. The molecule has 0 bridgehead atoms. The van der Waals surface area contributed by atoms with E-state index in [2.05, 4.69) is 303 Å². The molecule has 0 amide bonds. The molecule has 12 aromatic rings. The number of halogens is 3. The molecule has 0 radical (unpaired) electrons. The van der Waals surface area contributed by atoms with Crippen LogP contribution in [0.5, 0.6) is 0 Å². The molecular formula is C68H61Br3N2. The summed E-state index contributed by atoms with van der Waals surface area (Å²) in [5.74, 6) is 0. The van der Waals surface area contributed by atoms with Crippen LogP contribution in [0.25, 0.3) is 64.6 Å². The lowest BCUT2D eigenvalue weighted by Gasteiger charge is -2.32. The largest absolute Gasteiger partial charge is 0.355 e. The third kappa shape index (κ3) is 9.73. The average Bonchev–Trinajstić information content (AvgIpc) is 3.37. The fourth-order valence-corrected chi connectivity index (χ4v) is 12.0. The predicted octanol–water partition coefficient (Wildman–Crippen LogP) is 22.2. The molecule has 0 aliphatic carbocycles. The summed E-state index contributed by atoms with van der Waals surface area (Å²) in [5.41, 5.74) is 14.2. The van der Waals surface area contributed by atoms with E-state index in [1.165, 1.54) is 121 Å². The molecule has 0 spiro atoms. The highest BCUT2D eigenvalue weighted by molar-refractivity contribution is 9.11. The van der Waals surface area contributed by atoms with Crippen molar-refractivity contribution in [2.45, 2.75) is 80.1 Å². The highest BCUT2D eigenvalue weighted by Gasteiger charge is 2.24. The zero-order chi connectivity index (χ0) is 51.5. The fourth-order valence-electron chi connectivity index (χ4n) is 10.6. The zero-order valence-electron chi connectivity index (χ0n) is 43.4. The van der Waals surface area contributed by atoms with Gasteiger partial charge in [-0.1, -0.05) is 223 Å². The van der Waals surface area contributed by atoms with Crippen molar-refractivity contribution in [3.8, 4) is 0 Å². The number of nitrogens with one attached hydrogen (secondary N) is 1. The van der Waals surface area contributed by atoms with Gasteiger partial charge in [0.05, 0.1) is 11.4 Å². The highest BCUT2D eigenvalue weighted by Crippen LogP contribution is 2.47. The summed E-state index contributed by atoms with van der Waals surface area (Å²) < 4.78 is 3.45. The Morgan fingerprint density at radius 2 is 0.712 bits per heavy atom. The Kier molecular flexibility index (Phi) is 13.7. The van der Waals surface area contributed by atoms with Crippen LogP contribution in [-0.2, 0) is 10.8 Å². The predicted molar refractivity (Wildman–Crippen MR) is 331 cm³/mol. The minimum Gasteiger partial charge on any atom is -0.355 e. The Bertz CT molecular complexity index is 3850. The smallest absolute Gasteiger partial charge is 0.0540 e. The zero-order valence-corrected chi connectivity index (χ0v) is 48.2. The van der Waals surface area contributed by atoms with Crippen LogP contribution in [-0.4, -0.2) is 0 Å². The van der Waals surface area contributed by atoms with Crippen molar-refractivity contribution in [1.29, 1.82) is 0 Å². The van der Waals surface area contributed by atoms with Crippen LogP contribution in [0, 0.1) is 27.7 Å². The first-order valence-corrected chi connectivity index (χ1v) is 27.5. The van der Waals surface area contributed by atoms with E-state index in [0.717, 1.165) is 19.1 Å². The van der Waals surface area contributed by atoms with E-state index in [9.17, 15) is 0 Å². The Balaban J connectivity index is 0.000000139. The maximum atomic E-state index is 3.79. The van der Waals surface area contributed by atoms with Crippen LogP contribution >= 0.6 is 47.8 Å². The van der Waals surface area contributed by atoms with E-state index >= 15 is 0 Å². The Morgan fingerprint density at radius 3 is 1.12 bits per heavy atom. The molecule has 0 saturated carbocycles. The first-order valence-electron chi connectivity index (χ1n) is 25.2. The summed E-state index contributed by atoms with van der Waals surface area (Å²) in [6.45, 7) is 22.5. The molecule has 1 N–H and O–H groups in total. The molecular weight excluding hydrogens is 1080 g/mol. The van der Waals surface area contributed by atoms with E-state index in [4.69, 9.17) is 0 Å². The lowest BCUT2D eigenvalue weighted by molar-refractivity contribution is 0.589. The minimum absolute atomic E-state index is 0.103. The van der Waals surface area contributed by atoms with Crippen LogP contribution in [0.2, 0.25) is 0 Å². The maximum absolute atomic E-state index is 3.79. The summed E-state index contributed by atoms with van der Waals surface area (Å²) in [4.78, 5) is 2.46. The number of anilines is 5. The number of hydrogen-bond donors (Lipinski definition) is 1. The molecule has 12 rings (SSSR count). The topological polar surface area (TPSA) is 15.3 Å². The summed E-state index contributed by atoms with van der Waals surface area (Å²) >= 11 is 11.1. The van der Waals surface area contributed by atoms with E-state index in [-0.39, 0.29) is 10.8 Å². The molecule has 2 nitrogen and oxygen atoms in total. The molecule has 5 heteroatoms. The lowest BCUT2D eigenvalue weighted by Crippen LogP contribution is -2.16. The second-order valence-electron chi connectivity index (χ2n) is 21.7.